The Hall–Kier alpha value is -1.05. The van der Waals surface area contributed by atoms with Crippen molar-refractivity contribution in [3.63, 3.8) is 0 Å². The van der Waals surface area contributed by atoms with Gasteiger partial charge in [0.05, 0.1) is 19.3 Å². The minimum absolute atomic E-state index is 0.0489. The zero-order chi connectivity index (χ0) is 17.0. The molecule has 5 nitrogen and oxygen atoms in total. The minimum Gasteiger partial charge on any atom is -0.379 e. The molecule has 2 unspecified atom stereocenters. The number of nitrogens with zero attached hydrogens (tertiary/aromatic N) is 1. The molecule has 24 heavy (non-hydrogen) atoms. The molecule has 1 aromatic carbocycles. The van der Waals surface area contributed by atoms with Gasteiger partial charge in [-0.3, -0.25) is 10.3 Å². The lowest BCUT2D eigenvalue weighted by atomic mass is 9.93. The second-order valence-electron chi connectivity index (χ2n) is 7.47. The molecule has 3 N–H and O–H groups in total. The number of morpholine rings is 1. The highest BCUT2D eigenvalue weighted by Crippen LogP contribution is 2.25. The van der Waals surface area contributed by atoms with Crippen LogP contribution in [0.3, 0.4) is 0 Å². The summed E-state index contributed by atoms with van der Waals surface area (Å²) >= 11 is 0. The number of hydrogen-bond acceptors (Lipinski definition) is 5. The number of hydrazine groups is 1. The van der Waals surface area contributed by atoms with E-state index in [2.05, 4.69) is 34.9 Å². The van der Waals surface area contributed by atoms with Crippen LogP contribution in [0.25, 0.3) is 0 Å². The fourth-order valence-electron chi connectivity index (χ4n) is 3.53. The summed E-state index contributed by atoms with van der Waals surface area (Å²) in [4.78, 5) is 2.46. The molecule has 0 radical (unpaired) electrons. The van der Waals surface area contributed by atoms with E-state index in [1.54, 1.807) is 0 Å². The van der Waals surface area contributed by atoms with Crippen molar-refractivity contribution in [2.24, 2.45) is 5.92 Å². The SMILES string of the molecule is CC(C)(CN1CCOCC1)NCC1CNNC1c1ccc(F)cc1. The Morgan fingerprint density at radius 3 is 2.67 bits per heavy atom. The third-order valence-electron chi connectivity index (χ3n) is 4.89. The number of ether oxygens (including phenoxy) is 1. The van der Waals surface area contributed by atoms with E-state index < -0.39 is 0 Å². The third-order valence-corrected chi connectivity index (χ3v) is 4.89. The van der Waals surface area contributed by atoms with Gasteiger partial charge in [-0.1, -0.05) is 12.1 Å². The van der Waals surface area contributed by atoms with E-state index in [9.17, 15) is 4.39 Å². The van der Waals surface area contributed by atoms with Crippen LogP contribution < -0.4 is 16.2 Å². The Labute approximate surface area is 143 Å². The molecule has 0 aromatic heterocycles. The van der Waals surface area contributed by atoms with E-state index in [0.29, 0.717) is 5.92 Å². The predicted octanol–water partition coefficient (Wildman–Crippen LogP) is 1.29. The maximum Gasteiger partial charge on any atom is 0.123 e. The number of halogens is 1. The Balaban J connectivity index is 1.53. The first-order valence-corrected chi connectivity index (χ1v) is 8.82. The van der Waals surface area contributed by atoms with E-state index >= 15 is 0 Å². The lowest BCUT2D eigenvalue weighted by molar-refractivity contribution is 0.0267. The molecular formula is C18H29FN4O. The molecule has 0 saturated carbocycles. The number of rotatable bonds is 6. The van der Waals surface area contributed by atoms with Crippen LogP contribution in [0.15, 0.2) is 24.3 Å². The van der Waals surface area contributed by atoms with Gasteiger partial charge in [0.2, 0.25) is 0 Å². The zero-order valence-electron chi connectivity index (χ0n) is 14.6. The summed E-state index contributed by atoms with van der Waals surface area (Å²) in [5.41, 5.74) is 7.74. The van der Waals surface area contributed by atoms with Crippen molar-refractivity contribution in [3.05, 3.63) is 35.6 Å². The van der Waals surface area contributed by atoms with Crippen LogP contribution >= 0.6 is 0 Å². The highest BCUT2D eigenvalue weighted by atomic mass is 19.1. The molecule has 0 aliphatic carbocycles. The van der Waals surface area contributed by atoms with Gasteiger partial charge in [-0.15, -0.1) is 0 Å². The van der Waals surface area contributed by atoms with E-state index in [-0.39, 0.29) is 17.4 Å². The summed E-state index contributed by atoms with van der Waals surface area (Å²) in [5.74, 6) is 0.241. The van der Waals surface area contributed by atoms with Crippen LogP contribution in [0.5, 0.6) is 0 Å². The first-order valence-electron chi connectivity index (χ1n) is 8.82. The third kappa shape index (κ3) is 4.74. The first-order chi connectivity index (χ1) is 11.5. The summed E-state index contributed by atoms with van der Waals surface area (Å²) in [6.07, 6.45) is 0. The zero-order valence-corrected chi connectivity index (χ0v) is 14.6. The Bertz CT molecular complexity index is 516. The van der Waals surface area contributed by atoms with Crippen molar-refractivity contribution in [3.8, 4) is 0 Å². The standard InChI is InChI=1S/C18H29FN4O/c1-18(2,13-23-7-9-24-10-8-23)20-11-15-12-21-22-17(15)14-3-5-16(19)6-4-14/h3-6,15,17,20-22H,7-13H2,1-2H3. The average molecular weight is 336 g/mol. The van der Waals surface area contributed by atoms with Crippen molar-refractivity contribution in [1.82, 2.24) is 21.1 Å². The molecule has 2 saturated heterocycles. The average Bonchev–Trinajstić information content (AvgIpc) is 3.03. The molecule has 0 spiro atoms. The summed E-state index contributed by atoms with van der Waals surface area (Å²) in [6, 6.07) is 7.00. The topological polar surface area (TPSA) is 48.6 Å². The van der Waals surface area contributed by atoms with Crippen molar-refractivity contribution in [2.75, 3.05) is 45.9 Å². The molecule has 2 heterocycles. The maximum absolute atomic E-state index is 13.1. The lowest BCUT2D eigenvalue weighted by Gasteiger charge is -2.36. The van der Waals surface area contributed by atoms with Gasteiger partial charge in [-0.2, -0.15) is 0 Å². The lowest BCUT2D eigenvalue weighted by Crippen LogP contribution is -2.53. The molecular weight excluding hydrogens is 307 g/mol. The van der Waals surface area contributed by atoms with Crippen LogP contribution in [0.2, 0.25) is 0 Å². The normalized spacial score (nSPS) is 26.0. The molecule has 1 aromatic rings. The van der Waals surface area contributed by atoms with Gasteiger partial charge in [0, 0.05) is 44.2 Å². The smallest absolute Gasteiger partial charge is 0.123 e. The fourth-order valence-corrected chi connectivity index (χ4v) is 3.53. The summed E-state index contributed by atoms with van der Waals surface area (Å²) in [6.45, 7) is 11.0. The highest BCUT2D eigenvalue weighted by Gasteiger charge is 2.30. The molecule has 0 amide bonds. The maximum atomic E-state index is 13.1. The summed E-state index contributed by atoms with van der Waals surface area (Å²) in [7, 11) is 0. The van der Waals surface area contributed by atoms with Gasteiger partial charge >= 0.3 is 0 Å². The summed E-state index contributed by atoms with van der Waals surface area (Å²) in [5, 5.41) is 3.72. The van der Waals surface area contributed by atoms with Gasteiger partial charge in [0.1, 0.15) is 5.82 Å². The van der Waals surface area contributed by atoms with Gasteiger partial charge in [0.15, 0.2) is 0 Å². The monoisotopic (exact) mass is 336 g/mol. The predicted molar refractivity (Wildman–Crippen MR) is 93.1 cm³/mol. The van der Waals surface area contributed by atoms with Gasteiger partial charge in [0.25, 0.3) is 0 Å². The van der Waals surface area contributed by atoms with E-state index in [1.807, 2.05) is 12.1 Å². The van der Waals surface area contributed by atoms with E-state index in [4.69, 9.17) is 4.74 Å². The second-order valence-corrected chi connectivity index (χ2v) is 7.47. The minimum atomic E-state index is -0.189. The van der Waals surface area contributed by atoms with Gasteiger partial charge in [-0.05, 0) is 31.5 Å². The fraction of sp³-hybridized carbons (Fsp3) is 0.667. The highest BCUT2D eigenvalue weighted by molar-refractivity contribution is 5.21. The molecule has 2 aliphatic heterocycles. The molecule has 3 rings (SSSR count). The molecule has 2 fully saturated rings. The first kappa shape index (κ1) is 17.8. The Morgan fingerprint density at radius 2 is 1.96 bits per heavy atom. The molecule has 2 atom stereocenters. The number of benzene rings is 1. The van der Waals surface area contributed by atoms with Crippen molar-refractivity contribution < 1.29 is 9.13 Å². The summed E-state index contributed by atoms with van der Waals surface area (Å²) < 4.78 is 18.6. The van der Waals surface area contributed by atoms with Crippen molar-refractivity contribution in [2.45, 2.75) is 25.4 Å². The quantitative estimate of drug-likeness (QED) is 0.731. The number of nitrogens with one attached hydrogen (secondary N) is 3. The van der Waals surface area contributed by atoms with Gasteiger partial charge in [-0.25, -0.2) is 9.82 Å². The molecule has 2 aliphatic rings. The van der Waals surface area contributed by atoms with Crippen molar-refractivity contribution in [1.29, 1.82) is 0 Å². The largest absolute Gasteiger partial charge is 0.379 e. The van der Waals surface area contributed by atoms with Crippen LogP contribution in [-0.2, 0) is 4.74 Å². The van der Waals surface area contributed by atoms with E-state index in [0.717, 1.165) is 51.5 Å². The van der Waals surface area contributed by atoms with Gasteiger partial charge < -0.3 is 10.1 Å². The van der Waals surface area contributed by atoms with Crippen LogP contribution in [0.1, 0.15) is 25.5 Å². The van der Waals surface area contributed by atoms with E-state index in [1.165, 1.54) is 12.1 Å². The Kier molecular flexibility index (Phi) is 5.84. The second kappa shape index (κ2) is 7.89. The van der Waals surface area contributed by atoms with Crippen LogP contribution in [-0.4, -0.2) is 56.4 Å². The van der Waals surface area contributed by atoms with Crippen LogP contribution in [0, 0.1) is 11.7 Å². The molecule has 134 valence electrons. The molecule has 6 heteroatoms. The van der Waals surface area contributed by atoms with Crippen molar-refractivity contribution >= 4 is 0 Å². The number of hydrogen-bond donors (Lipinski definition) is 3. The molecule has 0 bridgehead atoms. The Morgan fingerprint density at radius 1 is 1.25 bits per heavy atom. The van der Waals surface area contributed by atoms with Crippen LogP contribution in [0.4, 0.5) is 4.39 Å².